The number of nitrogens with two attached hydrogens (primary N) is 1. The Morgan fingerprint density at radius 2 is 0.938 bits per heavy atom. The summed E-state index contributed by atoms with van der Waals surface area (Å²) in [7, 11) is 0. The number of rotatable bonds is 44. The van der Waals surface area contributed by atoms with Crippen LogP contribution in [0.1, 0.15) is 200 Å². The van der Waals surface area contributed by atoms with Crippen molar-refractivity contribution in [3.63, 3.8) is 0 Å². The first-order chi connectivity index (χ1) is 30.7. The van der Waals surface area contributed by atoms with Crippen molar-refractivity contribution in [2.75, 3.05) is 18.1 Å². The van der Waals surface area contributed by atoms with Gasteiger partial charge in [0.1, 0.15) is 24.8 Å². The van der Waals surface area contributed by atoms with Gasteiger partial charge in [0.15, 0.2) is 6.17 Å². The number of nitrogens with one attached hydrogen (secondary N) is 3. The predicted molar refractivity (Wildman–Crippen MR) is 246 cm³/mol. The van der Waals surface area contributed by atoms with Crippen LogP contribution in [0.5, 0.6) is 0 Å². The van der Waals surface area contributed by atoms with E-state index in [1.807, 2.05) is 0 Å². The van der Waals surface area contributed by atoms with Crippen LogP contribution in [0.3, 0.4) is 0 Å². The molecular formula is C46H82N4O13S. The molecule has 64 heavy (non-hydrogen) atoms. The van der Waals surface area contributed by atoms with Gasteiger partial charge in [-0.15, -0.1) is 0 Å². The second-order valence-corrected chi connectivity index (χ2v) is 17.7. The lowest BCUT2D eigenvalue weighted by Crippen LogP contribution is -2.58. The molecule has 0 spiro atoms. The second-order valence-electron chi connectivity index (χ2n) is 16.6. The molecule has 18 heteroatoms. The number of hydrogen-bond donors (Lipinski definition) is 7. The smallest absolute Gasteiger partial charge is 0.326 e. The van der Waals surface area contributed by atoms with Gasteiger partial charge in [-0.05, 0) is 25.7 Å². The van der Waals surface area contributed by atoms with E-state index in [1.54, 1.807) is 0 Å². The van der Waals surface area contributed by atoms with Crippen molar-refractivity contribution >= 4 is 59.3 Å². The molecule has 2 unspecified atom stereocenters. The Bertz CT molecular complexity index is 1340. The van der Waals surface area contributed by atoms with Crippen LogP contribution in [0, 0.1) is 0 Å². The third kappa shape index (κ3) is 36.4. The van der Waals surface area contributed by atoms with Gasteiger partial charge in [-0.3, -0.25) is 33.6 Å². The van der Waals surface area contributed by atoms with Gasteiger partial charge in [-0.2, -0.15) is 11.8 Å². The molecule has 0 aromatic rings. The minimum atomic E-state index is -1.66. The van der Waals surface area contributed by atoms with Crippen molar-refractivity contribution in [3.8, 4) is 0 Å². The molecule has 0 fully saturated rings. The zero-order valence-corrected chi connectivity index (χ0v) is 39.7. The fourth-order valence-electron chi connectivity index (χ4n) is 6.77. The molecule has 0 aliphatic heterocycles. The van der Waals surface area contributed by atoms with E-state index in [2.05, 4.69) is 29.8 Å². The number of carbonyl (C=O) groups is 8. The van der Waals surface area contributed by atoms with E-state index < -0.39 is 85.7 Å². The minimum Gasteiger partial charge on any atom is -0.481 e. The predicted octanol–water partition coefficient (Wildman–Crippen LogP) is 7.15. The Labute approximate surface area is 385 Å². The molecule has 0 radical (unpaired) electrons. The minimum absolute atomic E-state index is 0.115. The van der Waals surface area contributed by atoms with Crippen LogP contribution in [0.2, 0.25) is 0 Å². The molecule has 8 N–H and O–H groups in total. The maximum Gasteiger partial charge on any atom is 0.326 e. The molecule has 4 atom stereocenters. The quantitative estimate of drug-likeness (QED) is 0.0181. The van der Waals surface area contributed by atoms with Crippen molar-refractivity contribution in [1.29, 1.82) is 0 Å². The van der Waals surface area contributed by atoms with Gasteiger partial charge in [0.2, 0.25) is 11.8 Å². The van der Waals surface area contributed by atoms with E-state index in [0.29, 0.717) is 6.42 Å². The molecule has 17 nitrogen and oxygen atoms in total. The van der Waals surface area contributed by atoms with Gasteiger partial charge in [0.05, 0.1) is 0 Å². The SMILES string of the molecule is CCCCCCCCCCCCCC(=O)OC[C@H](CSCCC(=O)N[C@@H](N)C(=O)NC(CCC(=O)O)C(=O)NC(CCC(=O)O)C(=O)O)OC(=O)CCCCCCCCCCCCC. The molecule has 370 valence electrons. The van der Waals surface area contributed by atoms with Crippen LogP contribution >= 0.6 is 11.8 Å². The number of ether oxygens (including phenoxy) is 2. The summed E-state index contributed by atoms with van der Waals surface area (Å²) in [5, 5.41) is 34.0. The number of thioether (sulfide) groups is 1. The molecular weight excluding hydrogens is 849 g/mol. The number of amides is 3. The van der Waals surface area contributed by atoms with Gasteiger partial charge in [-0.25, -0.2) is 4.79 Å². The van der Waals surface area contributed by atoms with E-state index in [-0.39, 0.29) is 49.3 Å². The first-order valence-electron chi connectivity index (χ1n) is 23.9. The van der Waals surface area contributed by atoms with Crippen molar-refractivity contribution in [2.24, 2.45) is 5.73 Å². The highest BCUT2D eigenvalue weighted by atomic mass is 32.2. The summed E-state index contributed by atoms with van der Waals surface area (Å²) in [6, 6.07) is -3.18. The molecule has 3 amide bonds. The van der Waals surface area contributed by atoms with E-state index >= 15 is 0 Å². The van der Waals surface area contributed by atoms with Crippen LogP contribution in [0.4, 0.5) is 0 Å². The Morgan fingerprint density at radius 1 is 0.516 bits per heavy atom. The monoisotopic (exact) mass is 931 g/mol. The number of carboxylic acids is 3. The largest absolute Gasteiger partial charge is 0.481 e. The number of unbranched alkanes of at least 4 members (excludes halogenated alkanes) is 20. The molecule has 0 aliphatic carbocycles. The molecule has 0 heterocycles. The van der Waals surface area contributed by atoms with Gasteiger partial charge in [0.25, 0.3) is 5.91 Å². The summed E-state index contributed by atoms with van der Waals surface area (Å²) < 4.78 is 11.2. The Balaban J connectivity index is 5.02. The first-order valence-corrected chi connectivity index (χ1v) is 25.1. The summed E-state index contributed by atoms with van der Waals surface area (Å²) in [5.41, 5.74) is 5.85. The summed E-state index contributed by atoms with van der Waals surface area (Å²) in [6.07, 6.45) is 21.3. The number of esters is 2. The first kappa shape index (κ1) is 60.1. The highest BCUT2D eigenvalue weighted by molar-refractivity contribution is 7.99. The van der Waals surface area contributed by atoms with Gasteiger partial charge in [0, 0.05) is 43.6 Å². The third-order valence-electron chi connectivity index (χ3n) is 10.6. The number of carbonyl (C=O) groups excluding carboxylic acids is 5. The number of carboxylic acid groups (broad SMARTS) is 3. The summed E-state index contributed by atoms with van der Waals surface area (Å²) in [4.78, 5) is 97.4. The van der Waals surface area contributed by atoms with Crippen molar-refractivity contribution in [3.05, 3.63) is 0 Å². The fourth-order valence-corrected chi connectivity index (χ4v) is 7.70. The Kier molecular flexibility index (Phi) is 38.1. The zero-order chi connectivity index (χ0) is 47.8. The number of aliphatic carboxylic acids is 3. The van der Waals surface area contributed by atoms with Crippen molar-refractivity contribution in [2.45, 2.75) is 224 Å². The van der Waals surface area contributed by atoms with Gasteiger partial charge < -0.3 is 46.5 Å². The highest BCUT2D eigenvalue weighted by Gasteiger charge is 2.29. The van der Waals surface area contributed by atoms with E-state index in [4.69, 9.17) is 25.4 Å². The average molecular weight is 931 g/mol. The summed E-state index contributed by atoms with van der Waals surface area (Å²) in [6.45, 7) is 4.31. The lowest BCUT2D eigenvalue weighted by Gasteiger charge is -2.22. The molecule has 0 saturated heterocycles. The highest BCUT2D eigenvalue weighted by Crippen LogP contribution is 2.16. The maximum absolute atomic E-state index is 12.8. The number of hydrogen-bond acceptors (Lipinski definition) is 12. The topological polar surface area (TPSA) is 278 Å². The van der Waals surface area contributed by atoms with Crippen molar-refractivity contribution in [1.82, 2.24) is 16.0 Å². The Morgan fingerprint density at radius 3 is 1.39 bits per heavy atom. The lowest BCUT2D eigenvalue weighted by atomic mass is 10.1. The second kappa shape index (κ2) is 40.6. The van der Waals surface area contributed by atoms with E-state index in [1.165, 1.54) is 102 Å². The maximum atomic E-state index is 12.8. The summed E-state index contributed by atoms with van der Waals surface area (Å²) >= 11 is 1.27. The third-order valence-corrected chi connectivity index (χ3v) is 11.7. The van der Waals surface area contributed by atoms with Crippen LogP contribution in [-0.4, -0.2) is 105 Å². The molecule has 0 saturated carbocycles. The van der Waals surface area contributed by atoms with Crippen molar-refractivity contribution < 1.29 is 63.1 Å². The van der Waals surface area contributed by atoms with Crippen LogP contribution in [0.15, 0.2) is 0 Å². The molecule has 0 aromatic carbocycles. The van der Waals surface area contributed by atoms with E-state index in [0.717, 1.165) is 44.9 Å². The van der Waals surface area contributed by atoms with E-state index in [9.17, 15) is 43.5 Å². The fraction of sp³-hybridized carbons (Fsp3) is 0.826. The van der Waals surface area contributed by atoms with Crippen LogP contribution < -0.4 is 21.7 Å². The average Bonchev–Trinajstić information content (AvgIpc) is 3.24. The molecule has 0 aliphatic rings. The standard InChI is InChI=1S/C46H82N4O13S/c1-3-5-7-9-11-13-15-17-19-21-23-25-41(56)62-33-35(63-42(57)26-24-22-20-18-16-14-12-10-8-6-4-2)34-64-32-31-38(51)50-43(47)45(59)48-36(27-29-39(52)53)44(58)49-37(46(60)61)28-30-40(54)55/h35-37,43H,3-34,47H2,1-2H3,(H,48,59)(H,49,58)(H,50,51)(H,52,53)(H,54,55)(H,60,61)/t35-,36?,37?,43-/m1/s1. The Hall–Kier alpha value is -3.93. The van der Waals surface area contributed by atoms with Gasteiger partial charge >= 0.3 is 29.8 Å². The molecule has 0 aromatic heterocycles. The summed E-state index contributed by atoms with van der Waals surface area (Å²) in [5.74, 6) is -7.18. The lowest BCUT2D eigenvalue weighted by molar-refractivity contribution is -0.157. The zero-order valence-electron chi connectivity index (χ0n) is 38.8. The molecule has 0 bridgehead atoms. The van der Waals surface area contributed by atoms with Gasteiger partial charge in [-0.1, -0.05) is 142 Å². The molecule has 0 rings (SSSR count). The van der Waals surface area contributed by atoms with Crippen LogP contribution in [-0.2, 0) is 47.8 Å². The van der Waals surface area contributed by atoms with Crippen LogP contribution in [0.25, 0.3) is 0 Å². The normalized spacial score (nSPS) is 12.9.